The molecule has 2 nitrogen and oxygen atoms in total. The molecule has 1 aromatic carbocycles. The Morgan fingerprint density at radius 2 is 1.89 bits per heavy atom. The Kier molecular flexibility index (Phi) is 2.53. The molecule has 0 aromatic heterocycles. The van der Waals surface area contributed by atoms with Gasteiger partial charge in [0.2, 0.25) is 0 Å². The quantitative estimate of drug-likeness (QED) is 0.820. The predicted molar refractivity (Wildman–Crippen MR) is 73.2 cm³/mol. The van der Waals surface area contributed by atoms with E-state index < -0.39 is 5.60 Å². The maximum absolute atomic E-state index is 11.2. The van der Waals surface area contributed by atoms with Crippen LogP contribution in [0.15, 0.2) is 30.5 Å². The third kappa shape index (κ3) is 1.45. The molecule has 0 spiro atoms. The lowest BCUT2D eigenvalue weighted by molar-refractivity contribution is -0.0760. The minimum Gasteiger partial charge on any atom is -0.379 e. The first-order valence-corrected chi connectivity index (χ1v) is 6.78. The van der Waals surface area contributed by atoms with Gasteiger partial charge < -0.3 is 10.0 Å². The molecule has 1 N–H and O–H groups in total. The van der Waals surface area contributed by atoms with E-state index in [1.165, 1.54) is 11.1 Å². The SMILES string of the molecule is C=C1N2CCC(CC2)[C@@]1(O)c1ccc(C)c(C)c1. The summed E-state index contributed by atoms with van der Waals surface area (Å²) in [6.45, 7) is 10.5. The zero-order valence-electron chi connectivity index (χ0n) is 11.2. The normalized spacial score (nSPS) is 30.9. The molecule has 0 saturated carbocycles. The van der Waals surface area contributed by atoms with Gasteiger partial charge in [0.25, 0.3) is 0 Å². The van der Waals surface area contributed by atoms with Crippen LogP contribution in [0, 0.1) is 19.8 Å². The summed E-state index contributed by atoms with van der Waals surface area (Å²) in [5.74, 6) is 0.331. The average molecular weight is 243 g/mol. The lowest BCUT2D eigenvalue weighted by Crippen LogP contribution is -2.54. The molecule has 3 fully saturated rings. The van der Waals surface area contributed by atoms with Crippen molar-refractivity contribution < 1.29 is 5.11 Å². The van der Waals surface area contributed by atoms with Crippen LogP contribution in [-0.4, -0.2) is 23.1 Å². The number of benzene rings is 1. The summed E-state index contributed by atoms with van der Waals surface area (Å²) >= 11 is 0. The first-order valence-electron chi connectivity index (χ1n) is 6.78. The van der Waals surface area contributed by atoms with E-state index >= 15 is 0 Å². The molecule has 0 amide bonds. The van der Waals surface area contributed by atoms with Crippen molar-refractivity contribution in [3.8, 4) is 0 Å². The molecule has 0 unspecified atom stereocenters. The fraction of sp³-hybridized carbons (Fsp3) is 0.500. The Bertz CT molecular complexity index is 500. The number of aryl methyl sites for hydroxylation is 2. The summed E-state index contributed by atoms with van der Waals surface area (Å²) in [6, 6.07) is 6.30. The van der Waals surface area contributed by atoms with Crippen LogP contribution in [0.5, 0.6) is 0 Å². The predicted octanol–water partition coefficient (Wildman–Crippen LogP) is 2.73. The van der Waals surface area contributed by atoms with Crippen molar-refractivity contribution in [3.05, 3.63) is 47.2 Å². The summed E-state index contributed by atoms with van der Waals surface area (Å²) < 4.78 is 0. The molecule has 3 heterocycles. The van der Waals surface area contributed by atoms with E-state index in [4.69, 9.17) is 0 Å². The third-order valence-corrected chi connectivity index (χ3v) is 4.85. The molecule has 96 valence electrons. The highest BCUT2D eigenvalue weighted by molar-refractivity contribution is 5.40. The fourth-order valence-electron chi connectivity index (χ4n) is 3.42. The zero-order valence-corrected chi connectivity index (χ0v) is 11.2. The van der Waals surface area contributed by atoms with Crippen molar-refractivity contribution in [1.29, 1.82) is 0 Å². The number of fused-ring (bicyclic) bond motifs is 3. The van der Waals surface area contributed by atoms with Crippen LogP contribution in [-0.2, 0) is 5.60 Å². The smallest absolute Gasteiger partial charge is 0.131 e. The molecule has 3 aliphatic rings. The van der Waals surface area contributed by atoms with Gasteiger partial charge in [-0.05, 0) is 43.4 Å². The van der Waals surface area contributed by atoms with Crippen molar-refractivity contribution in [3.63, 3.8) is 0 Å². The first-order chi connectivity index (χ1) is 8.53. The second-order valence-corrected chi connectivity index (χ2v) is 5.77. The van der Waals surface area contributed by atoms with Crippen molar-refractivity contribution in [2.75, 3.05) is 13.1 Å². The molecule has 1 atom stereocenters. The molecule has 2 bridgehead atoms. The largest absolute Gasteiger partial charge is 0.379 e. The first kappa shape index (κ1) is 11.8. The Balaban J connectivity index is 2.08. The van der Waals surface area contributed by atoms with Crippen molar-refractivity contribution in [2.24, 2.45) is 5.92 Å². The van der Waals surface area contributed by atoms with Gasteiger partial charge in [0.1, 0.15) is 5.60 Å². The number of piperidine rings is 3. The Labute approximate surface area is 109 Å². The molecule has 0 aliphatic carbocycles. The van der Waals surface area contributed by atoms with Crippen molar-refractivity contribution >= 4 is 0 Å². The van der Waals surface area contributed by atoms with Crippen LogP contribution in [0.25, 0.3) is 0 Å². The van der Waals surface area contributed by atoms with E-state index in [1.807, 2.05) is 0 Å². The molecule has 3 saturated heterocycles. The Morgan fingerprint density at radius 1 is 1.22 bits per heavy atom. The van der Waals surface area contributed by atoms with Gasteiger partial charge in [0.15, 0.2) is 0 Å². The van der Waals surface area contributed by atoms with E-state index in [2.05, 4.69) is 43.5 Å². The number of nitrogens with zero attached hydrogens (tertiary/aromatic N) is 1. The van der Waals surface area contributed by atoms with Crippen molar-refractivity contribution in [1.82, 2.24) is 4.90 Å². The Morgan fingerprint density at radius 3 is 2.44 bits per heavy atom. The summed E-state index contributed by atoms with van der Waals surface area (Å²) in [4.78, 5) is 2.25. The van der Waals surface area contributed by atoms with Gasteiger partial charge in [-0.3, -0.25) is 0 Å². The van der Waals surface area contributed by atoms with Crippen LogP contribution < -0.4 is 0 Å². The lowest BCUT2D eigenvalue weighted by Gasteiger charge is -2.53. The van der Waals surface area contributed by atoms with Gasteiger partial charge in [-0.2, -0.15) is 0 Å². The standard InChI is InChI=1S/C16H21NO/c1-11-4-5-15(10-12(11)2)16(18)13(3)17-8-6-14(16)7-9-17/h4-5,10,14,18H,3,6-9H2,1-2H3/t16-/m1/s1. The zero-order chi connectivity index (χ0) is 12.9. The lowest BCUT2D eigenvalue weighted by atomic mass is 9.69. The second-order valence-electron chi connectivity index (χ2n) is 5.77. The van der Waals surface area contributed by atoms with Gasteiger partial charge in [-0.25, -0.2) is 0 Å². The maximum atomic E-state index is 11.2. The highest BCUT2D eigenvalue weighted by atomic mass is 16.3. The van der Waals surface area contributed by atoms with E-state index in [0.29, 0.717) is 5.92 Å². The van der Waals surface area contributed by atoms with Gasteiger partial charge in [-0.1, -0.05) is 24.8 Å². The van der Waals surface area contributed by atoms with E-state index in [9.17, 15) is 5.11 Å². The van der Waals surface area contributed by atoms with Crippen molar-refractivity contribution in [2.45, 2.75) is 32.3 Å². The molecule has 1 aromatic rings. The van der Waals surface area contributed by atoms with E-state index in [1.54, 1.807) is 0 Å². The van der Waals surface area contributed by atoms with Crippen LogP contribution in [0.1, 0.15) is 29.5 Å². The minimum atomic E-state index is -0.838. The van der Waals surface area contributed by atoms with Crippen LogP contribution in [0.3, 0.4) is 0 Å². The van der Waals surface area contributed by atoms with Gasteiger partial charge in [0, 0.05) is 24.7 Å². The minimum absolute atomic E-state index is 0.331. The molecule has 3 aliphatic heterocycles. The summed E-state index contributed by atoms with van der Waals surface area (Å²) in [5, 5.41) is 11.2. The van der Waals surface area contributed by atoms with E-state index in [-0.39, 0.29) is 0 Å². The number of aliphatic hydroxyl groups is 1. The van der Waals surface area contributed by atoms with Gasteiger partial charge >= 0.3 is 0 Å². The fourth-order valence-corrected chi connectivity index (χ4v) is 3.42. The Hall–Kier alpha value is -1.28. The number of rotatable bonds is 1. The van der Waals surface area contributed by atoms with Gasteiger partial charge in [-0.15, -0.1) is 0 Å². The van der Waals surface area contributed by atoms with Crippen LogP contribution >= 0.6 is 0 Å². The van der Waals surface area contributed by atoms with Crippen LogP contribution in [0.4, 0.5) is 0 Å². The topological polar surface area (TPSA) is 23.5 Å². The third-order valence-electron chi connectivity index (χ3n) is 4.85. The molecule has 0 radical (unpaired) electrons. The molecule has 18 heavy (non-hydrogen) atoms. The molecule has 4 rings (SSSR count). The molecular weight excluding hydrogens is 222 g/mol. The maximum Gasteiger partial charge on any atom is 0.131 e. The monoisotopic (exact) mass is 243 g/mol. The molecular formula is C16H21NO. The summed E-state index contributed by atoms with van der Waals surface area (Å²) in [5.41, 5.74) is 3.59. The summed E-state index contributed by atoms with van der Waals surface area (Å²) in [6.07, 6.45) is 2.14. The summed E-state index contributed by atoms with van der Waals surface area (Å²) in [7, 11) is 0. The highest BCUT2D eigenvalue weighted by Gasteiger charge is 2.49. The van der Waals surface area contributed by atoms with Gasteiger partial charge in [0.05, 0.1) is 0 Å². The highest BCUT2D eigenvalue weighted by Crippen LogP contribution is 2.48. The van der Waals surface area contributed by atoms with E-state index in [0.717, 1.165) is 37.2 Å². The number of hydrogen-bond acceptors (Lipinski definition) is 2. The number of hydrogen-bond donors (Lipinski definition) is 1. The average Bonchev–Trinajstić information content (AvgIpc) is 2.39. The van der Waals surface area contributed by atoms with Crippen LogP contribution in [0.2, 0.25) is 0 Å². The molecule has 2 heteroatoms. The second kappa shape index (κ2) is 3.86.